The fraction of sp³-hybridized carbons (Fsp3) is 0.472. The number of aliphatic hydroxyl groups is 1. The lowest BCUT2D eigenvalue weighted by Crippen LogP contribution is -2.57. The molecule has 0 aromatic heterocycles. The number of nitrogens with zero attached hydrogens (tertiary/aromatic N) is 2. The number of hydrogen-bond acceptors (Lipinski definition) is 13. The molecule has 6 amide bonds. The van der Waals surface area contributed by atoms with E-state index in [2.05, 4.69) is 26.6 Å². The molecule has 0 aliphatic carbocycles. The first kappa shape index (κ1) is 43.6. The van der Waals surface area contributed by atoms with E-state index in [1.54, 1.807) is 36.4 Å². The van der Waals surface area contributed by atoms with Crippen molar-refractivity contribution < 1.29 is 43.3 Å². The Morgan fingerprint density at radius 1 is 0.945 bits per heavy atom. The van der Waals surface area contributed by atoms with E-state index in [1.165, 1.54) is 14.0 Å². The van der Waals surface area contributed by atoms with E-state index in [0.29, 0.717) is 28.2 Å². The van der Waals surface area contributed by atoms with Crippen LogP contribution in [0.5, 0.6) is 11.5 Å². The fourth-order valence-corrected chi connectivity index (χ4v) is 5.84. The number of hydrogen-bond donors (Lipinski definition) is 9. The predicted molar refractivity (Wildman–Crippen MR) is 199 cm³/mol. The van der Waals surface area contributed by atoms with E-state index >= 15 is 0 Å². The number of nitriles is 1. The van der Waals surface area contributed by atoms with Crippen LogP contribution in [0.1, 0.15) is 37.4 Å². The molecule has 19 nitrogen and oxygen atoms in total. The molecule has 19 heteroatoms. The molecule has 0 radical (unpaired) electrons. The van der Waals surface area contributed by atoms with Crippen molar-refractivity contribution in [2.75, 3.05) is 53.0 Å². The minimum absolute atomic E-state index is 0.0142. The lowest BCUT2D eigenvalue weighted by Gasteiger charge is -2.33. The van der Waals surface area contributed by atoms with Crippen LogP contribution in [0.3, 0.4) is 0 Å². The lowest BCUT2D eigenvalue weighted by molar-refractivity contribution is -0.143. The first-order chi connectivity index (χ1) is 26.3. The number of ether oxygens (including phenoxy) is 2. The highest BCUT2D eigenvalue weighted by Crippen LogP contribution is 2.40. The van der Waals surface area contributed by atoms with Crippen molar-refractivity contribution >= 4 is 35.4 Å². The van der Waals surface area contributed by atoms with Crippen LogP contribution in [-0.2, 0) is 35.2 Å². The van der Waals surface area contributed by atoms with E-state index in [0.717, 1.165) is 11.8 Å². The second-order valence-corrected chi connectivity index (χ2v) is 12.7. The Kier molecular flexibility index (Phi) is 16.8. The van der Waals surface area contributed by atoms with Gasteiger partial charge in [-0.25, -0.2) is 0 Å². The van der Waals surface area contributed by atoms with Crippen LogP contribution < -0.4 is 53.3 Å². The molecule has 1 heterocycles. The van der Waals surface area contributed by atoms with Crippen LogP contribution in [-0.4, -0.2) is 123 Å². The summed E-state index contributed by atoms with van der Waals surface area (Å²) in [6, 6.07) is 5.20. The van der Waals surface area contributed by atoms with Gasteiger partial charge in [0.05, 0.1) is 12.7 Å². The summed E-state index contributed by atoms with van der Waals surface area (Å²) in [6.07, 6.45) is -0.0962. The van der Waals surface area contributed by atoms with Crippen molar-refractivity contribution in [3.63, 3.8) is 0 Å². The zero-order valence-corrected chi connectivity index (χ0v) is 31.1. The van der Waals surface area contributed by atoms with Gasteiger partial charge in [-0.05, 0) is 55.3 Å². The summed E-state index contributed by atoms with van der Waals surface area (Å²) in [5.74, 6) is -3.67. The molecule has 1 aliphatic rings. The van der Waals surface area contributed by atoms with E-state index in [4.69, 9.17) is 31.9 Å². The molecule has 55 heavy (non-hydrogen) atoms. The number of carbonyl (C=O) groups is 6. The largest absolute Gasteiger partial charge is 0.492 e. The maximum Gasteiger partial charge on any atom is 0.248 e. The van der Waals surface area contributed by atoms with Crippen LogP contribution in [0.2, 0.25) is 0 Å². The number of aliphatic hydroxyl groups excluding tert-OH is 1. The van der Waals surface area contributed by atoms with Gasteiger partial charge >= 0.3 is 0 Å². The fourth-order valence-electron chi connectivity index (χ4n) is 5.84. The Hall–Kier alpha value is -5.81. The van der Waals surface area contributed by atoms with Gasteiger partial charge in [0.25, 0.3) is 0 Å². The van der Waals surface area contributed by atoms with E-state index in [-0.39, 0.29) is 57.8 Å². The van der Waals surface area contributed by atoms with Crippen LogP contribution in [0.4, 0.5) is 0 Å². The Bertz CT molecular complexity index is 1750. The molecular weight excluding hydrogens is 716 g/mol. The van der Waals surface area contributed by atoms with Crippen molar-refractivity contribution in [2.24, 2.45) is 17.2 Å². The van der Waals surface area contributed by atoms with E-state index in [9.17, 15) is 33.9 Å². The summed E-state index contributed by atoms with van der Waals surface area (Å²) in [5, 5.41) is 31.3. The first-order valence-electron chi connectivity index (χ1n) is 17.6. The molecule has 2 aromatic carbocycles. The van der Waals surface area contributed by atoms with Gasteiger partial charge < -0.3 is 63.3 Å². The molecule has 0 spiro atoms. The highest BCUT2D eigenvalue weighted by molar-refractivity contribution is 5.97. The third kappa shape index (κ3) is 11.8. The summed E-state index contributed by atoms with van der Waals surface area (Å²) in [7, 11) is 1.33. The van der Waals surface area contributed by atoms with Crippen LogP contribution in [0.25, 0.3) is 11.1 Å². The quantitative estimate of drug-likeness (QED) is 0.0773. The van der Waals surface area contributed by atoms with Gasteiger partial charge in [0.1, 0.15) is 61.5 Å². The van der Waals surface area contributed by atoms with Gasteiger partial charge in [-0.1, -0.05) is 12.1 Å². The predicted octanol–water partition coefficient (Wildman–Crippen LogP) is -2.96. The van der Waals surface area contributed by atoms with Gasteiger partial charge in [-0.15, -0.1) is 0 Å². The number of nitrogens with two attached hydrogens (primary N) is 3. The Labute approximate surface area is 318 Å². The first-order valence-corrected chi connectivity index (χ1v) is 17.6. The minimum Gasteiger partial charge on any atom is -0.492 e. The molecule has 0 fully saturated rings. The SMILES string of the molecule is CC(=O)N[C@@H](CO)C(=O)N[C@@H](CCN)C(=O)N(C)[C@@H]1C(=O)N[C@@H](C)C(=O)N[C@H](C(=O)NCC#N)Cc2ccc(OCCN)c(c2)-c2cc1ccc2OCCN. The number of fused-ring (bicyclic) bond motifs is 5. The van der Waals surface area contributed by atoms with E-state index in [1.807, 2.05) is 6.07 Å². The van der Waals surface area contributed by atoms with Crippen molar-refractivity contribution in [1.29, 1.82) is 5.26 Å². The van der Waals surface area contributed by atoms with Crippen LogP contribution in [0, 0.1) is 11.3 Å². The Balaban J connectivity index is 2.26. The number of nitrogens with one attached hydrogen (secondary N) is 5. The molecule has 5 atom stereocenters. The highest BCUT2D eigenvalue weighted by Gasteiger charge is 2.36. The van der Waals surface area contributed by atoms with Gasteiger partial charge in [0.2, 0.25) is 35.4 Å². The highest BCUT2D eigenvalue weighted by atomic mass is 16.5. The van der Waals surface area contributed by atoms with Crippen molar-refractivity contribution in [3.05, 3.63) is 47.5 Å². The van der Waals surface area contributed by atoms with E-state index < -0.39 is 72.3 Å². The Morgan fingerprint density at radius 2 is 1.58 bits per heavy atom. The van der Waals surface area contributed by atoms with Gasteiger partial charge in [-0.3, -0.25) is 28.8 Å². The number of amides is 6. The third-order valence-electron chi connectivity index (χ3n) is 8.50. The van der Waals surface area contributed by atoms with Crippen LogP contribution >= 0.6 is 0 Å². The van der Waals surface area contributed by atoms with Gasteiger partial charge in [0.15, 0.2) is 0 Å². The summed E-state index contributed by atoms with van der Waals surface area (Å²) in [5.41, 5.74) is 19.1. The summed E-state index contributed by atoms with van der Waals surface area (Å²) in [4.78, 5) is 80.9. The molecule has 2 aromatic rings. The molecule has 12 N–H and O–H groups in total. The Morgan fingerprint density at radius 3 is 2.16 bits per heavy atom. The van der Waals surface area contributed by atoms with Crippen molar-refractivity contribution in [1.82, 2.24) is 31.5 Å². The number of likely N-dealkylation sites (N-methyl/N-ethyl adjacent to an activating group) is 1. The van der Waals surface area contributed by atoms with Crippen LogP contribution in [0.15, 0.2) is 36.4 Å². The summed E-state index contributed by atoms with van der Waals surface area (Å²) in [6.45, 7) is 2.03. The molecule has 0 saturated heterocycles. The second kappa shape index (κ2) is 21.2. The number of carbonyl (C=O) groups excluding carboxylic acids is 6. The molecule has 1 aliphatic heterocycles. The third-order valence-corrected chi connectivity index (χ3v) is 8.50. The summed E-state index contributed by atoms with van der Waals surface area (Å²) < 4.78 is 12.0. The van der Waals surface area contributed by atoms with Gasteiger partial charge in [-0.2, -0.15) is 5.26 Å². The maximum absolute atomic E-state index is 14.3. The number of rotatable bonds is 16. The standard InChI is InChI=1S/C36H50N10O9/c1-20-32(49)45-27(33(50)41-13-10-38)17-22-4-6-29(54-14-11-39)24(16-22)25-18-23(5-7-30(25)55-15-12-40)31(35(52)42-20)46(3)36(53)26(8-9-37)44-34(51)28(19-47)43-21(2)48/h4-7,16,18,20,26-28,31,47H,8-9,11-15,17,19,37,39-40H2,1-3H3,(H,41,50)(H,42,52)(H,43,48)(H,44,51)(H,45,49)/t20-,26-,27-,28-,31-/m0/s1. The normalized spacial score (nSPS) is 17.8. The summed E-state index contributed by atoms with van der Waals surface area (Å²) >= 11 is 0. The van der Waals surface area contributed by atoms with Crippen molar-refractivity contribution in [2.45, 2.75) is 56.9 Å². The average molecular weight is 767 g/mol. The van der Waals surface area contributed by atoms with Gasteiger partial charge in [0, 0.05) is 44.6 Å². The zero-order valence-electron chi connectivity index (χ0n) is 31.1. The monoisotopic (exact) mass is 766 g/mol. The topological polar surface area (TPSA) is 306 Å². The number of benzene rings is 2. The molecular formula is C36H50N10O9. The molecule has 0 saturated carbocycles. The second-order valence-electron chi connectivity index (χ2n) is 12.7. The zero-order chi connectivity index (χ0) is 40.7. The smallest absolute Gasteiger partial charge is 0.248 e. The minimum atomic E-state index is -1.44. The lowest BCUT2D eigenvalue weighted by atomic mass is 9.93. The molecule has 3 rings (SSSR count). The molecule has 4 bridgehead atoms. The molecule has 298 valence electrons. The molecule has 0 unspecified atom stereocenters. The van der Waals surface area contributed by atoms with Crippen molar-refractivity contribution in [3.8, 4) is 28.7 Å². The maximum atomic E-state index is 14.3. The average Bonchev–Trinajstić information content (AvgIpc) is 3.16.